The second-order valence-electron chi connectivity index (χ2n) is 5.39. The average molecular weight is 276 g/mol. The number of carbonyl (C=O) groups is 1. The van der Waals surface area contributed by atoms with E-state index in [1.807, 2.05) is 36.9 Å². The SMILES string of the molecule is CCC(CC)(CN)C(=O)N1CCc2cc(OC)ccc21. The fourth-order valence-electron chi connectivity index (χ4n) is 2.93. The van der Waals surface area contributed by atoms with E-state index in [0.29, 0.717) is 6.54 Å². The van der Waals surface area contributed by atoms with Gasteiger partial charge in [-0.15, -0.1) is 0 Å². The van der Waals surface area contributed by atoms with Crippen LogP contribution in [0.2, 0.25) is 0 Å². The number of benzene rings is 1. The van der Waals surface area contributed by atoms with Crippen LogP contribution in [0.5, 0.6) is 5.75 Å². The molecular formula is C16H24N2O2. The van der Waals surface area contributed by atoms with Crippen LogP contribution in [0, 0.1) is 5.41 Å². The van der Waals surface area contributed by atoms with Crippen LogP contribution in [0.3, 0.4) is 0 Å². The van der Waals surface area contributed by atoms with Crippen LogP contribution in [-0.4, -0.2) is 26.1 Å². The van der Waals surface area contributed by atoms with Crippen molar-refractivity contribution in [3.05, 3.63) is 23.8 Å². The molecule has 1 aromatic rings. The van der Waals surface area contributed by atoms with Gasteiger partial charge < -0.3 is 15.4 Å². The molecule has 4 nitrogen and oxygen atoms in total. The Hall–Kier alpha value is -1.55. The molecule has 110 valence electrons. The van der Waals surface area contributed by atoms with Gasteiger partial charge >= 0.3 is 0 Å². The van der Waals surface area contributed by atoms with Crippen molar-refractivity contribution in [2.24, 2.45) is 11.1 Å². The Morgan fingerprint density at radius 1 is 1.40 bits per heavy atom. The lowest BCUT2D eigenvalue weighted by atomic mass is 9.81. The molecule has 0 aromatic heterocycles. The van der Waals surface area contributed by atoms with Crippen LogP contribution in [0.4, 0.5) is 5.69 Å². The van der Waals surface area contributed by atoms with E-state index in [9.17, 15) is 4.79 Å². The maximum absolute atomic E-state index is 12.9. The molecule has 0 saturated heterocycles. The molecule has 0 spiro atoms. The summed E-state index contributed by atoms with van der Waals surface area (Å²) in [5.74, 6) is 1.00. The van der Waals surface area contributed by atoms with Gasteiger partial charge in [0.25, 0.3) is 0 Å². The van der Waals surface area contributed by atoms with Crippen LogP contribution >= 0.6 is 0 Å². The molecule has 1 aliphatic heterocycles. The number of rotatable bonds is 5. The summed E-state index contributed by atoms with van der Waals surface area (Å²) in [5.41, 5.74) is 7.65. The number of carbonyl (C=O) groups excluding carboxylic acids is 1. The highest BCUT2D eigenvalue weighted by molar-refractivity contribution is 5.99. The van der Waals surface area contributed by atoms with Crippen molar-refractivity contribution in [3.8, 4) is 5.75 Å². The minimum absolute atomic E-state index is 0.161. The highest BCUT2D eigenvalue weighted by Crippen LogP contribution is 2.36. The van der Waals surface area contributed by atoms with Crippen molar-refractivity contribution in [2.45, 2.75) is 33.1 Å². The zero-order chi connectivity index (χ0) is 14.8. The molecular weight excluding hydrogens is 252 g/mol. The standard InChI is InChI=1S/C16H24N2O2/c1-4-16(5-2,11-17)15(19)18-9-8-12-10-13(20-3)6-7-14(12)18/h6-7,10H,4-5,8-9,11,17H2,1-3H3. The molecule has 1 heterocycles. The summed E-state index contributed by atoms with van der Waals surface area (Å²) >= 11 is 0. The van der Waals surface area contributed by atoms with E-state index in [4.69, 9.17) is 10.5 Å². The Morgan fingerprint density at radius 2 is 2.10 bits per heavy atom. The summed E-state index contributed by atoms with van der Waals surface area (Å²) in [6.45, 7) is 5.22. The molecule has 4 heteroatoms. The minimum atomic E-state index is -0.429. The molecule has 0 bridgehead atoms. The summed E-state index contributed by atoms with van der Waals surface area (Å²) in [6, 6.07) is 5.91. The predicted molar refractivity (Wildman–Crippen MR) is 81.1 cm³/mol. The second-order valence-corrected chi connectivity index (χ2v) is 5.39. The smallest absolute Gasteiger partial charge is 0.234 e. The van der Waals surface area contributed by atoms with Gasteiger partial charge in [0.2, 0.25) is 5.91 Å². The second kappa shape index (κ2) is 5.83. The molecule has 1 aliphatic rings. The number of fused-ring (bicyclic) bond motifs is 1. The molecule has 0 aliphatic carbocycles. The van der Waals surface area contributed by atoms with E-state index in [1.165, 1.54) is 5.56 Å². The number of ether oxygens (including phenoxy) is 1. The molecule has 0 fully saturated rings. The fourth-order valence-corrected chi connectivity index (χ4v) is 2.93. The van der Waals surface area contributed by atoms with Crippen LogP contribution in [-0.2, 0) is 11.2 Å². The van der Waals surface area contributed by atoms with E-state index in [2.05, 4.69) is 0 Å². The van der Waals surface area contributed by atoms with E-state index < -0.39 is 5.41 Å². The largest absolute Gasteiger partial charge is 0.497 e. The van der Waals surface area contributed by atoms with Gasteiger partial charge in [-0.3, -0.25) is 4.79 Å². The number of hydrogen-bond acceptors (Lipinski definition) is 3. The van der Waals surface area contributed by atoms with Crippen LogP contribution in [0.1, 0.15) is 32.3 Å². The van der Waals surface area contributed by atoms with Gasteiger partial charge in [-0.05, 0) is 43.0 Å². The maximum atomic E-state index is 12.9. The van der Waals surface area contributed by atoms with Gasteiger partial charge in [0.1, 0.15) is 5.75 Å². The van der Waals surface area contributed by atoms with Gasteiger partial charge in [-0.2, -0.15) is 0 Å². The first kappa shape index (κ1) is 14.9. The van der Waals surface area contributed by atoms with Crippen LogP contribution < -0.4 is 15.4 Å². The minimum Gasteiger partial charge on any atom is -0.497 e. The monoisotopic (exact) mass is 276 g/mol. The van der Waals surface area contributed by atoms with E-state index in [1.54, 1.807) is 7.11 Å². The Bertz CT molecular complexity index is 487. The summed E-state index contributed by atoms with van der Waals surface area (Å²) < 4.78 is 5.24. The third-order valence-electron chi connectivity index (χ3n) is 4.63. The average Bonchev–Trinajstić information content (AvgIpc) is 2.92. The molecule has 20 heavy (non-hydrogen) atoms. The Morgan fingerprint density at radius 3 is 2.65 bits per heavy atom. The normalized spacial score (nSPS) is 14.3. The van der Waals surface area contributed by atoms with Crippen molar-refractivity contribution in [3.63, 3.8) is 0 Å². The lowest BCUT2D eigenvalue weighted by Gasteiger charge is -2.33. The van der Waals surface area contributed by atoms with Crippen molar-refractivity contribution < 1.29 is 9.53 Å². The quantitative estimate of drug-likeness (QED) is 0.898. The highest BCUT2D eigenvalue weighted by Gasteiger charge is 2.39. The number of methoxy groups -OCH3 is 1. The van der Waals surface area contributed by atoms with Gasteiger partial charge in [-0.25, -0.2) is 0 Å². The van der Waals surface area contributed by atoms with Crippen molar-refractivity contribution in [2.75, 3.05) is 25.1 Å². The molecule has 2 N–H and O–H groups in total. The third kappa shape index (κ3) is 2.29. The summed E-state index contributed by atoms with van der Waals surface area (Å²) in [6.07, 6.45) is 2.44. The number of amides is 1. The summed E-state index contributed by atoms with van der Waals surface area (Å²) in [7, 11) is 1.66. The summed E-state index contributed by atoms with van der Waals surface area (Å²) in [5, 5.41) is 0. The first-order chi connectivity index (χ1) is 9.61. The number of nitrogens with zero attached hydrogens (tertiary/aromatic N) is 1. The first-order valence-corrected chi connectivity index (χ1v) is 7.30. The predicted octanol–water partition coefficient (Wildman–Crippen LogP) is 2.35. The molecule has 0 radical (unpaired) electrons. The molecule has 1 aromatic carbocycles. The Labute approximate surface area is 120 Å². The first-order valence-electron chi connectivity index (χ1n) is 7.30. The van der Waals surface area contributed by atoms with Crippen molar-refractivity contribution in [1.82, 2.24) is 0 Å². The topological polar surface area (TPSA) is 55.6 Å². The maximum Gasteiger partial charge on any atom is 0.234 e. The van der Waals surface area contributed by atoms with E-state index in [-0.39, 0.29) is 5.91 Å². The van der Waals surface area contributed by atoms with Gasteiger partial charge in [0, 0.05) is 18.8 Å². The number of hydrogen-bond donors (Lipinski definition) is 1. The van der Waals surface area contributed by atoms with Crippen LogP contribution in [0.25, 0.3) is 0 Å². The Kier molecular flexibility index (Phi) is 4.33. The molecule has 2 rings (SSSR count). The van der Waals surface area contributed by atoms with Gasteiger partial charge in [-0.1, -0.05) is 13.8 Å². The number of nitrogens with two attached hydrogens (primary N) is 1. The third-order valence-corrected chi connectivity index (χ3v) is 4.63. The van der Waals surface area contributed by atoms with Crippen LogP contribution in [0.15, 0.2) is 18.2 Å². The molecule has 0 atom stereocenters. The van der Waals surface area contributed by atoms with E-state index >= 15 is 0 Å². The molecule has 1 amide bonds. The molecule has 0 saturated carbocycles. The van der Waals surface area contributed by atoms with E-state index in [0.717, 1.165) is 37.2 Å². The molecule has 0 unspecified atom stereocenters. The van der Waals surface area contributed by atoms with Gasteiger partial charge in [0.05, 0.1) is 12.5 Å². The number of anilines is 1. The van der Waals surface area contributed by atoms with Gasteiger partial charge in [0.15, 0.2) is 0 Å². The Balaban J connectivity index is 2.32. The van der Waals surface area contributed by atoms with Crippen molar-refractivity contribution >= 4 is 11.6 Å². The lowest BCUT2D eigenvalue weighted by molar-refractivity contribution is -0.128. The zero-order valence-corrected chi connectivity index (χ0v) is 12.6. The summed E-state index contributed by atoms with van der Waals surface area (Å²) in [4.78, 5) is 14.8. The lowest BCUT2D eigenvalue weighted by Crippen LogP contribution is -2.47. The van der Waals surface area contributed by atoms with Crippen molar-refractivity contribution in [1.29, 1.82) is 0 Å². The highest BCUT2D eigenvalue weighted by atomic mass is 16.5. The fraction of sp³-hybridized carbons (Fsp3) is 0.562. The zero-order valence-electron chi connectivity index (χ0n) is 12.6.